The van der Waals surface area contributed by atoms with Gasteiger partial charge in [-0.1, -0.05) is 20.8 Å². The van der Waals surface area contributed by atoms with Crippen LogP contribution in [0.15, 0.2) is 10.4 Å². The molecule has 1 aliphatic rings. The molecule has 0 bridgehead atoms. The molecule has 1 fully saturated rings. The highest BCUT2D eigenvalue weighted by Gasteiger charge is 2.20. The predicted molar refractivity (Wildman–Crippen MR) is 112 cm³/mol. The Morgan fingerprint density at radius 2 is 2.00 bits per heavy atom. The van der Waals surface area contributed by atoms with Gasteiger partial charge in [0, 0.05) is 23.4 Å². The third kappa shape index (κ3) is 6.84. The molecule has 24 heavy (non-hydrogen) atoms. The molecule has 1 aliphatic carbocycles. The van der Waals surface area contributed by atoms with Gasteiger partial charge in [-0.2, -0.15) is 0 Å². The SMILES string of the molecule is CCNC(=NCc1nc(C(C)(C)C)cs1)NC1CCC(O)CC1.I. The summed E-state index contributed by atoms with van der Waals surface area (Å²) in [7, 11) is 0. The number of nitrogens with one attached hydrogen (secondary N) is 2. The monoisotopic (exact) mass is 466 g/mol. The molecule has 5 nitrogen and oxygen atoms in total. The van der Waals surface area contributed by atoms with Crippen LogP contribution < -0.4 is 10.6 Å². The van der Waals surface area contributed by atoms with Gasteiger partial charge in [0.2, 0.25) is 0 Å². The standard InChI is InChI=1S/C17H30N4OS.HI/c1-5-18-16(20-12-6-8-13(22)9-7-12)19-10-15-21-14(11-23-15)17(2,3)4;/h11-13,22H,5-10H2,1-4H3,(H2,18,19,20);1H. The number of halogens is 1. The van der Waals surface area contributed by atoms with Crippen molar-refractivity contribution >= 4 is 41.3 Å². The molecular formula is C17H31IN4OS. The van der Waals surface area contributed by atoms with Crippen molar-refractivity contribution in [2.24, 2.45) is 4.99 Å². The molecule has 0 aliphatic heterocycles. The van der Waals surface area contributed by atoms with Gasteiger partial charge in [0.1, 0.15) is 5.01 Å². The summed E-state index contributed by atoms with van der Waals surface area (Å²) >= 11 is 1.68. The molecular weight excluding hydrogens is 435 g/mol. The lowest BCUT2D eigenvalue weighted by molar-refractivity contribution is 0.120. The molecule has 0 aromatic carbocycles. The lowest BCUT2D eigenvalue weighted by Gasteiger charge is -2.27. The fourth-order valence-electron chi connectivity index (χ4n) is 2.61. The fraction of sp³-hybridized carbons (Fsp3) is 0.765. The van der Waals surface area contributed by atoms with Gasteiger partial charge in [0.25, 0.3) is 0 Å². The molecule has 1 saturated carbocycles. The van der Waals surface area contributed by atoms with Gasteiger partial charge in [-0.25, -0.2) is 9.98 Å². The van der Waals surface area contributed by atoms with Crippen LogP contribution in [0.2, 0.25) is 0 Å². The Kier molecular flexibility index (Phi) is 8.94. The minimum atomic E-state index is -0.126. The summed E-state index contributed by atoms with van der Waals surface area (Å²) in [5, 5.41) is 19.6. The second-order valence-corrected chi connectivity index (χ2v) is 8.16. The van der Waals surface area contributed by atoms with Crippen LogP contribution in [-0.2, 0) is 12.0 Å². The molecule has 0 saturated heterocycles. The maximum absolute atomic E-state index is 9.60. The zero-order valence-corrected chi connectivity index (χ0v) is 18.3. The van der Waals surface area contributed by atoms with Crippen molar-refractivity contribution in [3.8, 4) is 0 Å². The van der Waals surface area contributed by atoms with Crippen LogP contribution in [0.1, 0.15) is 64.1 Å². The van der Waals surface area contributed by atoms with E-state index >= 15 is 0 Å². The smallest absolute Gasteiger partial charge is 0.191 e. The maximum atomic E-state index is 9.60. The highest BCUT2D eigenvalue weighted by molar-refractivity contribution is 14.0. The number of thiazole rings is 1. The Balaban J connectivity index is 0.00000288. The van der Waals surface area contributed by atoms with E-state index in [2.05, 4.69) is 48.7 Å². The summed E-state index contributed by atoms with van der Waals surface area (Å²) in [6.45, 7) is 10.1. The summed E-state index contributed by atoms with van der Waals surface area (Å²) < 4.78 is 0. The predicted octanol–water partition coefficient (Wildman–Crippen LogP) is 3.42. The van der Waals surface area contributed by atoms with Crippen LogP contribution in [0, 0.1) is 0 Å². The maximum Gasteiger partial charge on any atom is 0.191 e. The van der Waals surface area contributed by atoms with Crippen molar-refractivity contribution in [3.63, 3.8) is 0 Å². The van der Waals surface area contributed by atoms with Gasteiger partial charge in [-0.3, -0.25) is 0 Å². The molecule has 0 amide bonds. The van der Waals surface area contributed by atoms with E-state index < -0.39 is 0 Å². The Labute approximate surface area is 166 Å². The number of hydrogen-bond acceptors (Lipinski definition) is 4. The number of guanidine groups is 1. The van der Waals surface area contributed by atoms with Gasteiger partial charge in [-0.05, 0) is 32.6 Å². The second-order valence-electron chi connectivity index (χ2n) is 7.22. The van der Waals surface area contributed by atoms with Crippen LogP contribution in [0.3, 0.4) is 0 Å². The Morgan fingerprint density at radius 3 is 2.54 bits per heavy atom. The Morgan fingerprint density at radius 1 is 1.33 bits per heavy atom. The Bertz CT molecular complexity index is 519. The number of hydrogen-bond donors (Lipinski definition) is 3. The number of rotatable bonds is 4. The van der Waals surface area contributed by atoms with Gasteiger partial charge in [-0.15, -0.1) is 35.3 Å². The lowest BCUT2D eigenvalue weighted by Crippen LogP contribution is -2.45. The minimum absolute atomic E-state index is 0. The van der Waals surface area contributed by atoms with Crippen LogP contribution in [0.25, 0.3) is 0 Å². The normalized spacial score (nSPS) is 22.0. The molecule has 0 radical (unpaired) electrons. The van der Waals surface area contributed by atoms with Crippen molar-refractivity contribution in [3.05, 3.63) is 16.1 Å². The molecule has 0 spiro atoms. The lowest BCUT2D eigenvalue weighted by atomic mass is 9.93. The van der Waals surface area contributed by atoms with Crippen LogP contribution in [0.5, 0.6) is 0 Å². The first kappa shape index (κ1) is 21.6. The van der Waals surface area contributed by atoms with Crippen molar-refractivity contribution < 1.29 is 5.11 Å². The molecule has 138 valence electrons. The topological polar surface area (TPSA) is 69.5 Å². The summed E-state index contributed by atoms with van der Waals surface area (Å²) in [5.41, 5.74) is 1.22. The molecule has 7 heteroatoms. The third-order valence-electron chi connectivity index (χ3n) is 4.07. The second kappa shape index (κ2) is 9.91. The van der Waals surface area contributed by atoms with Gasteiger partial charge in [0.15, 0.2) is 5.96 Å². The van der Waals surface area contributed by atoms with E-state index in [0.29, 0.717) is 12.6 Å². The summed E-state index contributed by atoms with van der Waals surface area (Å²) in [4.78, 5) is 9.37. The van der Waals surface area contributed by atoms with E-state index in [-0.39, 0.29) is 35.5 Å². The average molecular weight is 466 g/mol. The van der Waals surface area contributed by atoms with Crippen molar-refractivity contribution in [1.29, 1.82) is 0 Å². The van der Waals surface area contributed by atoms with Crippen LogP contribution in [0.4, 0.5) is 0 Å². The molecule has 2 rings (SSSR count). The molecule has 0 atom stereocenters. The first-order valence-corrected chi connectivity index (χ1v) is 9.44. The highest BCUT2D eigenvalue weighted by Crippen LogP contribution is 2.24. The number of aromatic nitrogens is 1. The van der Waals surface area contributed by atoms with Gasteiger partial charge in [0.05, 0.1) is 18.3 Å². The quantitative estimate of drug-likeness (QED) is 0.362. The van der Waals surface area contributed by atoms with Crippen LogP contribution in [-0.4, -0.2) is 34.7 Å². The zero-order valence-electron chi connectivity index (χ0n) is 15.1. The zero-order chi connectivity index (χ0) is 16.9. The number of aliphatic hydroxyl groups excluding tert-OH is 1. The molecule has 1 aromatic rings. The molecule has 1 aromatic heterocycles. The number of nitrogens with zero attached hydrogens (tertiary/aromatic N) is 2. The third-order valence-corrected chi connectivity index (χ3v) is 4.91. The van der Waals surface area contributed by atoms with E-state index in [9.17, 15) is 5.11 Å². The van der Waals surface area contributed by atoms with Crippen molar-refractivity contribution in [2.45, 2.75) is 77.5 Å². The van der Waals surface area contributed by atoms with E-state index in [0.717, 1.165) is 48.9 Å². The first-order valence-electron chi connectivity index (χ1n) is 8.56. The largest absolute Gasteiger partial charge is 0.393 e. The van der Waals surface area contributed by atoms with Crippen molar-refractivity contribution in [2.75, 3.05) is 6.54 Å². The van der Waals surface area contributed by atoms with Gasteiger partial charge < -0.3 is 15.7 Å². The van der Waals surface area contributed by atoms with E-state index in [1.165, 1.54) is 0 Å². The van der Waals surface area contributed by atoms with Crippen molar-refractivity contribution in [1.82, 2.24) is 15.6 Å². The summed E-state index contributed by atoms with van der Waals surface area (Å²) in [6.07, 6.45) is 3.61. The summed E-state index contributed by atoms with van der Waals surface area (Å²) in [6, 6.07) is 0.401. The molecule has 1 heterocycles. The number of aliphatic imine (C=N–C) groups is 1. The average Bonchev–Trinajstić information content (AvgIpc) is 2.96. The minimum Gasteiger partial charge on any atom is -0.393 e. The Hall–Kier alpha value is -0.410. The van der Waals surface area contributed by atoms with E-state index in [4.69, 9.17) is 4.98 Å². The first-order chi connectivity index (χ1) is 10.9. The molecule has 3 N–H and O–H groups in total. The summed E-state index contributed by atoms with van der Waals surface area (Å²) in [5.74, 6) is 0.849. The van der Waals surface area contributed by atoms with Crippen LogP contribution >= 0.6 is 35.3 Å². The fourth-order valence-corrected chi connectivity index (χ4v) is 3.55. The molecule has 0 unspecified atom stereocenters. The van der Waals surface area contributed by atoms with Gasteiger partial charge >= 0.3 is 0 Å². The van der Waals surface area contributed by atoms with E-state index in [1.807, 2.05) is 0 Å². The number of aliphatic hydroxyl groups is 1. The van der Waals surface area contributed by atoms with E-state index in [1.54, 1.807) is 11.3 Å². The highest BCUT2D eigenvalue weighted by atomic mass is 127.